The molecule has 20 heavy (non-hydrogen) atoms. The highest BCUT2D eigenvalue weighted by Crippen LogP contribution is 2.22. The third-order valence-corrected chi connectivity index (χ3v) is 3.70. The van der Waals surface area contributed by atoms with Gasteiger partial charge in [-0.1, -0.05) is 13.8 Å². The fraction of sp³-hybridized carbons (Fsp3) is 0.867. The van der Waals surface area contributed by atoms with E-state index < -0.39 is 6.04 Å². The van der Waals surface area contributed by atoms with E-state index in [4.69, 9.17) is 4.74 Å². The number of carbonyl (C=O) groups is 2. The first kappa shape index (κ1) is 17.0. The number of amides is 2. The van der Waals surface area contributed by atoms with Crippen molar-refractivity contribution in [3.8, 4) is 0 Å². The summed E-state index contributed by atoms with van der Waals surface area (Å²) < 4.78 is 5.69. The van der Waals surface area contributed by atoms with E-state index in [9.17, 15) is 9.59 Å². The number of nitrogens with one attached hydrogen (secondary N) is 1. The van der Waals surface area contributed by atoms with Crippen molar-refractivity contribution in [3.63, 3.8) is 0 Å². The minimum absolute atomic E-state index is 0.0564. The summed E-state index contributed by atoms with van der Waals surface area (Å²) in [6.45, 7) is 5.94. The zero-order valence-corrected chi connectivity index (χ0v) is 13.3. The van der Waals surface area contributed by atoms with Gasteiger partial charge in [0.15, 0.2) is 0 Å². The van der Waals surface area contributed by atoms with E-state index in [0.717, 1.165) is 19.3 Å². The number of hydrogen-bond acceptors (Lipinski definition) is 3. The second-order valence-corrected chi connectivity index (χ2v) is 6.21. The first-order chi connectivity index (χ1) is 9.31. The zero-order valence-electron chi connectivity index (χ0n) is 13.3. The molecule has 0 aromatic carbocycles. The van der Waals surface area contributed by atoms with Crippen LogP contribution in [0.2, 0.25) is 0 Å². The summed E-state index contributed by atoms with van der Waals surface area (Å²) in [6, 6.07) is -0.444. The number of nitrogens with zero attached hydrogens (tertiary/aromatic N) is 1. The maximum Gasteiger partial charge on any atom is 0.244 e. The topological polar surface area (TPSA) is 58.6 Å². The van der Waals surface area contributed by atoms with Crippen LogP contribution in [0.5, 0.6) is 0 Å². The average Bonchev–Trinajstić information content (AvgIpc) is 2.78. The molecule has 5 nitrogen and oxygen atoms in total. The molecule has 1 aliphatic heterocycles. The second-order valence-electron chi connectivity index (χ2n) is 6.21. The normalized spacial score (nSPS) is 23.7. The molecule has 1 rings (SSSR count). The third kappa shape index (κ3) is 5.12. The zero-order chi connectivity index (χ0) is 15.3. The molecule has 0 aromatic heterocycles. The maximum atomic E-state index is 12.0. The van der Waals surface area contributed by atoms with Crippen molar-refractivity contribution >= 4 is 11.8 Å². The standard InChI is InChI=1S/C15H28N2O3/c1-10(2)14(15(19)17(4)5)16-13(18)9-8-12-7-6-11(3)20-12/h10-12,14H,6-9H2,1-5H3,(H,16,18). The number of hydrogen-bond donors (Lipinski definition) is 1. The first-order valence-electron chi connectivity index (χ1n) is 7.47. The lowest BCUT2D eigenvalue weighted by Gasteiger charge is -2.24. The fourth-order valence-corrected chi connectivity index (χ4v) is 2.43. The van der Waals surface area contributed by atoms with Crippen molar-refractivity contribution in [3.05, 3.63) is 0 Å². The third-order valence-electron chi connectivity index (χ3n) is 3.70. The largest absolute Gasteiger partial charge is 0.375 e. The van der Waals surface area contributed by atoms with Crippen molar-refractivity contribution < 1.29 is 14.3 Å². The van der Waals surface area contributed by atoms with Gasteiger partial charge in [0.25, 0.3) is 0 Å². The van der Waals surface area contributed by atoms with Crippen LogP contribution in [0, 0.1) is 5.92 Å². The highest BCUT2D eigenvalue weighted by molar-refractivity contribution is 5.87. The Morgan fingerprint density at radius 3 is 2.40 bits per heavy atom. The van der Waals surface area contributed by atoms with E-state index in [1.807, 2.05) is 13.8 Å². The molecule has 1 N–H and O–H groups in total. The van der Waals surface area contributed by atoms with E-state index in [0.29, 0.717) is 12.5 Å². The molecule has 1 heterocycles. The van der Waals surface area contributed by atoms with Crippen molar-refractivity contribution in [1.29, 1.82) is 0 Å². The highest BCUT2D eigenvalue weighted by Gasteiger charge is 2.26. The molecule has 5 heteroatoms. The fourth-order valence-electron chi connectivity index (χ4n) is 2.43. The van der Waals surface area contributed by atoms with E-state index in [1.165, 1.54) is 4.90 Å². The number of likely N-dealkylation sites (N-methyl/N-ethyl adjacent to an activating group) is 1. The summed E-state index contributed by atoms with van der Waals surface area (Å²) in [5.41, 5.74) is 0. The molecule has 1 aliphatic rings. The molecule has 1 fully saturated rings. The van der Waals surface area contributed by atoms with E-state index >= 15 is 0 Å². The maximum absolute atomic E-state index is 12.0. The van der Waals surface area contributed by atoms with Crippen LogP contribution in [0.1, 0.15) is 46.5 Å². The Morgan fingerprint density at radius 2 is 1.95 bits per heavy atom. The SMILES string of the molecule is CC1CCC(CCC(=O)NC(C(=O)N(C)C)C(C)C)O1. The van der Waals surface area contributed by atoms with E-state index in [2.05, 4.69) is 12.2 Å². The quantitative estimate of drug-likeness (QED) is 0.805. The molecule has 0 spiro atoms. The minimum Gasteiger partial charge on any atom is -0.375 e. The lowest BCUT2D eigenvalue weighted by molar-refractivity contribution is -0.135. The Labute approximate surface area is 122 Å². The summed E-state index contributed by atoms with van der Waals surface area (Å²) in [5.74, 6) is -0.0438. The van der Waals surface area contributed by atoms with Crippen LogP contribution in [-0.4, -0.2) is 49.1 Å². The predicted molar refractivity (Wildman–Crippen MR) is 78.3 cm³/mol. The summed E-state index contributed by atoms with van der Waals surface area (Å²) in [6.07, 6.45) is 3.75. The Kier molecular flexibility index (Phi) is 6.46. The molecular formula is C15H28N2O3. The molecule has 0 saturated carbocycles. The van der Waals surface area contributed by atoms with Gasteiger partial charge in [-0.25, -0.2) is 0 Å². The summed E-state index contributed by atoms with van der Waals surface area (Å²) in [5, 5.41) is 2.85. The molecule has 2 amide bonds. The van der Waals surface area contributed by atoms with E-state index in [1.54, 1.807) is 14.1 Å². The average molecular weight is 284 g/mol. The predicted octanol–water partition coefficient (Wildman–Crippen LogP) is 1.56. The Morgan fingerprint density at radius 1 is 1.30 bits per heavy atom. The molecule has 3 unspecified atom stereocenters. The Hall–Kier alpha value is -1.10. The monoisotopic (exact) mass is 284 g/mol. The lowest BCUT2D eigenvalue weighted by atomic mass is 10.0. The van der Waals surface area contributed by atoms with Gasteiger partial charge in [0.1, 0.15) is 6.04 Å². The van der Waals surface area contributed by atoms with Gasteiger partial charge in [0.05, 0.1) is 12.2 Å². The van der Waals surface area contributed by atoms with Gasteiger partial charge in [-0.05, 0) is 32.1 Å². The van der Waals surface area contributed by atoms with Crippen molar-refractivity contribution in [2.75, 3.05) is 14.1 Å². The van der Waals surface area contributed by atoms with Gasteiger partial charge in [-0.15, -0.1) is 0 Å². The molecule has 0 aromatic rings. The second kappa shape index (κ2) is 7.62. The Balaban J connectivity index is 2.40. The van der Waals surface area contributed by atoms with Gasteiger partial charge >= 0.3 is 0 Å². The van der Waals surface area contributed by atoms with Crippen LogP contribution in [0.3, 0.4) is 0 Å². The summed E-state index contributed by atoms with van der Waals surface area (Å²) >= 11 is 0. The first-order valence-corrected chi connectivity index (χ1v) is 7.47. The van der Waals surface area contributed by atoms with Crippen LogP contribution in [0.15, 0.2) is 0 Å². The highest BCUT2D eigenvalue weighted by atomic mass is 16.5. The Bertz CT molecular complexity index is 342. The number of ether oxygens (including phenoxy) is 1. The summed E-state index contributed by atoms with van der Waals surface area (Å²) in [4.78, 5) is 25.5. The molecule has 0 radical (unpaired) electrons. The van der Waals surface area contributed by atoms with Crippen LogP contribution in [-0.2, 0) is 14.3 Å². The molecule has 0 bridgehead atoms. The van der Waals surface area contributed by atoms with Gasteiger partial charge < -0.3 is 15.0 Å². The van der Waals surface area contributed by atoms with Gasteiger partial charge in [-0.3, -0.25) is 9.59 Å². The van der Waals surface area contributed by atoms with Gasteiger partial charge in [0.2, 0.25) is 11.8 Å². The number of rotatable bonds is 6. The van der Waals surface area contributed by atoms with Crippen LogP contribution < -0.4 is 5.32 Å². The lowest BCUT2D eigenvalue weighted by Crippen LogP contribution is -2.49. The van der Waals surface area contributed by atoms with Crippen LogP contribution >= 0.6 is 0 Å². The summed E-state index contributed by atoms with van der Waals surface area (Å²) in [7, 11) is 3.41. The van der Waals surface area contributed by atoms with Gasteiger partial charge in [-0.2, -0.15) is 0 Å². The number of carbonyl (C=O) groups excluding carboxylic acids is 2. The molecular weight excluding hydrogens is 256 g/mol. The van der Waals surface area contributed by atoms with Crippen molar-refractivity contribution in [1.82, 2.24) is 10.2 Å². The van der Waals surface area contributed by atoms with E-state index in [-0.39, 0.29) is 23.8 Å². The molecule has 1 saturated heterocycles. The molecule has 116 valence electrons. The van der Waals surface area contributed by atoms with Crippen LogP contribution in [0.4, 0.5) is 0 Å². The van der Waals surface area contributed by atoms with Crippen molar-refractivity contribution in [2.24, 2.45) is 5.92 Å². The van der Waals surface area contributed by atoms with Crippen LogP contribution in [0.25, 0.3) is 0 Å². The molecule has 3 atom stereocenters. The van der Waals surface area contributed by atoms with Crippen molar-refractivity contribution in [2.45, 2.75) is 64.7 Å². The van der Waals surface area contributed by atoms with Gasteiger partial charge in [0, 0.05) is 20.5 Å². The smallest absolute Gasteiger partial charge is 0.244 e. The molecule has 0 aliphatic carbocycles. The minimum atomic E-state index is -0.444.